The molecular formula is C17H15N3O. The number of nitrogens with one attached hydrogen (secondary N) is 1. The summed E-state index contributed by atoms with van der Waals surface area (Å²) in [4.78, 5) is 4.32. The molecular weight excluding hydrogens is 262 g/mol. The van der Waals surface area contributed by atoms with Crippen molar-refractivity contribution in [2.24, 2.45) is 5.10 Å². The van der Waals surface area contributed by atoms with E-state index in [9.17, 15) is 0 Å². The lowest BCUT2D eigenvalue weighted by atomic mass is 10.2. The van der Waals surface area contributed by atoms with Gasteiger partial charge in [-0.2, -0.15) is 5.10 Å². The number of benzene rings is 2. The number of methoxy groups -OCH3 is 1. The first-order chi connectivity index (χ1) is 10.4. The molecule has 3 rings (SSSR count). The smallest absolute Gasteiger partial charge is 0.154 e. The fourth-order valence-electron chi connectivity index (χ4n) is 2.14. The molecule has 0 saturated carbocycles. The molecule has 21 heavy (non-hydrogen) atoms. The Bertz CT molecular complexity index is 778. The third-order valence-electron chi connectivity index (χ3n) is 3.19. The maximum Gasteiger partial charge on any atom is 0.154 e. The highest BCUT2D eigenvalue weighted by Crippen LogP contribution is 2.20. The number of hydrogen-bond acceptors (Lipinski definition) is 4. The summed E-state index contributed by atoms with van der Waals surface area (Å²) in [5, 5.41) is 6.42. The van der Waals surface area contributed by atoms with Gasteiger partial charge in [0.25, 0.3) is 0 Å². The largest absolute Gasteiger partial charge is 0.496 e. The molecule has 1 aromatic heterocycles. The number of aromatic nitrogens is 1. The summed E-state index contributed by atoms with van der Waals surface area (Å²) in [5.41, 5.74) is 3.90. The predicted molar refractivity (Wildman–Crippen MR) is 86.0 cm³/mol. The summed E-state index contributed by atoms with van der Waals surface area (Å²) in [6.07, 6.45) is 3.49. The summed E-state index contributed by atoms with van der Waals surface area (Å²) < 4.78 is 5.28. The van der Waals surface area contributed by atoms with Crippen molar-refractivity contribution in [3.05, 3.63) is 66.4 Å². The summed E-state index contributed by atoms with van der Waals surface area (Å²) in [6.45, 7) is 0. The van der Waals surface area contributed by atoms with Gasteiger partial charge in [0.05, 0.1) is 13.3 Å². The minimum Gasteiger partial charge on any atom is -0.496 e. The first kappa shape index (κ1) is 13.1. The van der Waals surface area contributed by atoms with Gasteiger partial charge >= 0.3 is 0 Å². The number of hydrazone groups is 1. The molecule has 0 unspecified atom stereocenters. The van der Waals surface area contributed by atoms with Crippen molar-refractivity contribution in [2.75, 3.05) is 12.5 Å². The van der Waals surface area contributed by atoms with Crippen LogP contribution in [0.4, 0.5) is 5.82 Å². The highest BCUT2D eigenvalue weighted by molar-refractivity contribution is 5.92. The van der Waals surface area contributed by atoms with Gasteiger partial charge in [0.1, 0.15) is 5.75 Å². The lowest BCUT2D eigenvalue weighted by Gasteiger charge is -2.05. The Morgan fingerprint density at radius 3 is 2.76 bits per heavy atom. The van der Waals surface area contributed by atoms with Gasteiger partial charge in [0.15, 0.2) is 5.82 Å². The van der Waals surface area contributed by atoms with Gasteiger partial charge in [-0.25, -0.2) is 4.98 Å². The summed E-state index contributed by atoms with van der Waals surface area (Å²) in [7, 11) is 1.65. The highest BCUT2D eigenvalue weighted by Gasteiger charge is 2.00. The van der Waals surface area contributed by atoms with Crippen molar-refractivity contribution >= 4 is 22.8 Å². The van der Waals surface area contributed by atoms with Crippen LogP contribution in [0.25, 0.3) is 10.8 Å². The molecule has 0 radical (unpaired) electrons. The monoisotopic (exact) mass is 277 g/mol. The molecule has 0 atom stereocenters. The van der Waals surface area contributed by atoms with Crippen LogP contribution in [-0.2, 0) is 0 Å². The molecule has 0 fully saturated rings. The minimum absolute atomic E-state index is 0.735. The van der Waals surface area contributed by atoms with E-state index < -0.39 is 0 Å². The molecule has 3 aromatic rings. The summed E-state index contributed by atoms with van der Waals surface area (Å²) in [5.74, 6) is 1.52. The number of pyridine rings is 1. The fourth-order valence-corrected chi connectivity index (χ4v) is 2.14. The Hall–Kier alpha value is -2.88. The SMILES string of the molecule is COc1ccccc1C=NNc1nccc2ccccc12. The van der Waals surface area contributed by atoms with Crippen molar-refractivity contribution in [1.82, 2.24) is 4.98 Å². The van der Waals surface area contributed by atoms with Crippen LogP contribution in [0.2, 0.25) is 0 Å². The predicted octanol–water partition coefficient (Wildman–Crippen LogP) is 3.69. The Balaban J connectivity index is 1.85. The van der Waals surface area contributed by atoms with Crippen molar-refractivity contribution in [1.29, 1.82) is 0 Å². The molecule has 0 aliphatic rings. The molecule has 0 aliphatic carbocycles. The molecule has 104 valence electrons. The Morgan fingerprint density at radius 1 is 1.05 bits per heavy atom. The van der Waals surface area contributed by atoms with Crippen LogP contribution < -0.4 is 10.2 Å². The average molecular weight is 277 g/mol. The molecule has 0 spiro atoms. The topological polar surface area (TPSA) is 46.5 Å². The van der Waals surface area contributed by atoms with Crippen LogP contribution in [0.1, 0.15) is 5.56 Å². The number of fused-ring (bicyclic) bond motifs is 1. The maximum atomic E-state index is 5.28. The minimum atomic E-state index is 0.735. The normalized spacial score (nSPS) is 10.9. The van der Waals surface area contributed by atoms with Gasteiger partial charge in [-0.3, -0.25) is 5.43 Å². The fraction of sp³-hybridized carbons (Fsp3) is 0.0588. The van der Waals surface area contributed by atoms with Crippen LogP contribution in [0, 0.1) is 0 Å². The zero-order valence-corrected chi connectivity index (χ0v) is 11.7. The van der Waals surface area contributed by atoms with E-state index in [-0.39, 0.29) is 0 Å². The molecule has 1 heterocycles. The van der Waals surface area contributed by atoms with Gasteiger partial charge in [0, 0.05) is 17.1 Å². The van der Waals surface area contributed by atoms with E-state index in [0.717, 1.165) is 27.9 Å². The number of anilines is 1. The van der Waals surface area contributed by atoms with Crippen LogP contribution in [0.5, 0.6) is 5.75 Å². The molecule has 0 saturated heterocycles. The van der Waals surface area contributed by atoms with E-state index in [0.29, 0.717) is 0 Å². The molecule has 0 bridgehead atoms. The summed E-state index contributed by atoms with van der Waals surface area (Å²) >= 11 is 0. The molecule has 0 amide bonds. The van der Waals surface area contributed by atoms with Crippen LogP contribution in [0.15, 0.2) is 65.9 Å². The average Bonchev–Trinajstić information content (AvgIpc) is 2.55. The van der Waals surface area contributed by atoms with Crippen LogP contribution in [0.3, 0.4) is 0 Å². The standard InChI is InChI=1S/C17H15N3O/c1-21-16-9-5-3-7-14(16)12-19-20-17-15-8-4-2-6-13(15)10-11-18-17/h2-12H,1H3,(H,18,20). The maximum absolute atomic E-state index is 5.28. The van der Waals surface area contributed by atoms with E-state index in [2.05, 4.69) is 15.5 Å². The van der Waals surface area contributed by atoms with E-state index >= 15 is 0 Å². The third kappa shape index (κ3) is 2.84. The molecule has 1 N–H and O–H groups in total. The van der Waals surface area contributed by atoms with E-state index in [1.165, 1.54) is 0 Å². The van der Waals surface area contributed by atoms with E-state index in [1.807, 2.05) is 54.6 Å². The van der Waals surface area contributed by atoms with Gasteiger partial charge < -0.3 is 4.74 Å². The molecule has 2 aromatic carbocycles. The Morgan fingerprint density at radius 2 is 1.86 bits per heavy atom. The molecule has 0 aliphatic heterocycles. The van der Waals surface area contributed by atoms with Gasteiger partial charge in [-0.05, 0) is 23.6 Å². The van der Waals surface area contributed by atoms with Crippen molar-refractivity contribution in [3.8, 4) is 5.75 Å². The number of hydrogen-bond donors (Lipinski definition) is 1. The van der Waals surface area contributed by atoms with Crippen molar-refractivity contribution < 1.29 is 4.74 Å². The van der Waals surface area contributed by atoms with E-state index in [1.54, 1.807) is 19.5 Å². The number of para-hydroxylation sites is 1. The van der Waals surface area contributed by atoms with Gasteiger partial charge in [-0.15, -0.1) is 0 Å². The number of nitrogens with zero attached hydrogens (tertiary/aromatic N) is 2. The summed E-state index contributed by atoms with van der Waals surface area (Å²) in [6, 6.07) is 17.7. The second kappa shape index (κ2) is 6.05. The molecule has 4 nitrogen and oxygen atoms in total. The lowest BCUT2D eigenvalue weighted by Crippen LogP contribution is -1.96. The quantitative estimate of drug-likeness (QED) is 0.584. The van der Waals surface area contributed by atoms with Crippen LogP contribution in [-0.4, -0.2) is 18.3 Å². The third-order valence-corrected chi connectivity index (χ3v) is 3.19. The number of ether oxygens (including phenoxy) is 1. The zero-order chi connectivity index (χ0) is 14.5. The Kier molecular flexibility index (Phi) is 3.78. The zero-order valence-electron chi connectivity index (χ0n) is 11.7. The van der Waals surface area contributed by atoms with Gasteiger partial charge in [0.2, 0.25) is 0 Å². The second-order valence-corrected chi connectivity index (χ2v) is 4.49. The van der Waals surface area contributed by atoms with Crippen LogP contribution >= 0.6 is 0 Å². The van der Waals surface area contributed by atoms with Crippen molar-refractivity contribution in [3.63, 3.8) is 0 Å². The second-order valence-electron chi connectivity index (χ2n) is 4.49. The highest BCUT2D eigenvalue weighted by atomic mass is 16.5. The van der Waals surface area contributed by atoms with Crippen molar-refractivity contribution in [2.45, 2.75) is 0 Å². The van der Waals surface area contributed by atoms with E-state index in [4.69, 9.17) is 4.74 Å². The lowest BCUT2D eigenvalue weighted by molar-refractivity contribution is 0.414. The Labute approximate surface area is 123 Å². The molecule has 4 heteroatoms. The van der Waals surface area contributed by atoms with Gasteiger partial charge in [-0.1, -0.05) is 36.4 Å². The first-order valence-electron chi connectivity index (χ1n) is 6.64. The first-order valence-corrected chi connectivity index (χ1v) is 6.64. The number of rotatable bonds is 4.